The van der Waals surface area contributed by atoms with Gasteiger partial charge in [0.05, 0.1) is 37.5 Å². The molecule has 1 aromatic heterocycles. The number of fused-ring (bicyclic) bond motifs is 1. The van der Waals surface area contributed by atoms with Gasteiger partial charge in [0.2, 0.25) is 15.9 Å². The Morgan fingerprint density at radius 1 is 1.21 bits per heavy atom. The SMILES string of the molecule is COc1c(C)cnc(CN(C)C(=O)C(NS(=O)(=O)c2ccc3c(c2)OCCCO3)C(C)C)c1C. The molecule has 0 spiro atoms. The van der Waals surface area contributed by atoms with Gasteiger partial charge in [-0.2, -0.15) is 4.72 Å². The summed E-state index contributed by atoms with van der Waals surface area (Å²) in [4.78, 5) is 19.2. The molecule has 1 aliphatic heterocycles. The number of likely N-dealkylation sites (N-methyl/N-ethyl adjacent to an activating group) is 1. The molecule has 9 nitrogen and oxygen atoms in total. The maximum absolute atomic E-state index is 13.3. The zero-order chi connectivity index (χ0) is 25.0. The number of benzene rings is 1. The van der Waals surface area contributed by atoms with Crippen LogP contribution in [0, 0.1) is 19.8 Å². The molecule has 1 atom stereocenters. The molecule has 1 unspecified atom stereocenters. The molecule has 34 heavy (non-hydrogen) atoms. The monoisotopic (exact) mass is 491 g/mol. The molecule has 186 valence electrons. The van der Waals surface area contributed by atoms with E-state index in [1.807, 2.05) is 13.8 Å². The highest BCUT2D eigenvalue weighted by Crippen LogP contribution is 2.32. The molecule has 0 radical (unpaired) electrons. The lowest BCUT2D eigenvalue weighted by Gasteiger charge is -2.27. The van der Waals surface area contributed by atoms with Crippen LogP contribution in [-0.2, 0) is 21.4 Å². The Kier molecular flexibility index (Phi) is 8.04. The van der Waals surface area contributed by atoms with E-state index in [1.54, 1.807) is 40.3 Å². The van der Waals surface area contributed by atoms with Crippen molar-refractivity contribution in [2.24, 2.45) is 5.92 Å². The molecular formula is C24H33N3O6S. The smallest absolute Gasteiger partial charge is 0.241 e. The fourth-order valence-electron chi connectivity index (χ4n) is 3.79. The van der Waals surface area contributed by atoms with Crippen LogP contribution < -0.4 is 18.9 Å². The second kappa shape index (κ2) is 10.6. The summed E-state index contributed by atoms with van der Waals surface area (Å²) in [5, 5.41) is 0. The first-order valence-electron chi connectivity index (χ1n) is 11.2. The van der Waals surface area contributed by atoms with Gasteiger partial charge >= 0.3 is 0 Å². The molecule has 1 N–H and O–H groups in total. The van der Waals surface area contributed by atoms with Crippen molar-refractivity contribution in [1.29, 1.82) is 0 Å². The number of pyridine rings is 1. The molecule has 2 aromatic rings. The van der Waals surface area contributed by atoms with Crippen LogP contribution in [0.4, 0.5) is 0 Å². The lowest BCUT2D eigenvalue weighted by atomic mass is 10.0. The summed E-state index contributed by atoms with van der Waals surface area (Å²) in [6, 6.07) is 3.50. The summed E-state index contributed by atoms with van der Waals surface area (Å²) in [6.07, 6.45) is 2.42. The van der Waals surface area contributed by atoms with Crippen LogP contribution in [0.15, 0.2) is 29.3 Å². The third kappa shape index (κ3) is 5.61. The number of aryl methyl sites for hydroxylation is 1. The van der Waals surface area contributed by atoms with Crippen molar-refractivity contribution in [1.82, 2.24) is 14.6 Å². The molecule has 0 bridgehead atoms. The van der Waals surface area contributed by atoms with Crippen molar-refractivity contribution < 1.29 is 27.4 Å². The van der Waals surface area contributed by atoms with E-state index >= 15 is 0 Å². The van der Waals surface area contributed by atoms with Crippen molar-refractivity contribution in [2.45, 2.75) is 51.6 Å². The standard InChI is InChI=1S/C24H33N3O6S/c1-15(2)22(24(28)27(5)14-19-17(4)23(31-6)16(3)13-25-19)26-34(29,30)18-8-9-20-21(12-18)33-11-7-10-32-20/h8-9,12-13,15,22,26H,7,10-11,14H2,1-6H3. The van der Waals surface area contributed by atoms with E-state index in [2.05, 4.69) is 9.71 Å². The molecule has 3 rings (SSSR count). The van der Waals surface area contributed by atoms with Crippen LogP contribution in [0.3, 0.4) is 0 Å². The second-order valence-corrected chi connectivity index (χ2v) is 10.5. The van der Waals surface area contributed by atoms with Gasteiger partial charge in [-0.3, -0.25) is 9.78 Å². The normalized spacial score (nSPS) is 14.4. The number of aromatic nitrogens is 1. The highest BCUT2D eigenvalue weighted by atomic mass is 32.2. The lowest BCUT2D eigenvalue weighted by Crippen LogP contribution is -2.50. The maximum atomic E-state index is 13.3. The molecule has 10 heteroatoms. The van der Waals surface area contributed by atoms with Crippen LogP contribution >= 0.6 is 0 Å². The molecule has 1 aliphatic rings. The van der Waals surface area contributed by atoms with Crippen LogP contribution in [0.1, 0.15) is 37.1 Å². The van der Waals surface area contributed by atoms with Crippen molar-refractivity contribution in [2.75, 3.05) is 27.4 Å². The quantitative estimate of drug-likeness (QED) is 0.605. The van der Waals surface area contributed by atoms with E-state index in [4.69, 9.17) is 14.2 Å². The topological polar surface area (TPSA) is 107 Å². The molecule has 1 aromatic carbocycles. The maximum Gasteiger partial charge on any atom is 0.241 e. The third-order valence-electron chi connectivity index (χ3n) is 5.76. The fraction of sp³-hybridized carbons (Fsp3) is 0.500. The van der Waals surface area contributed by atoms with Crippen LogP contribution in [-0.4, -0.2) is 57.6 Å². The van der Waals surface area contributed by atoms with Crippen molar-refractivity contribution in [3.63, 3.8) is 0 Å². The van der Waals surface area contributed by atoms with Gasteiger partial charge in [-0.15, -0.1) is 0 Å². The Hall–Kier alpha value is -2.85. The number of methoxy groups -OCH3 is 1. The lowest BCUT2D eigenvalue weighted by molar-refractivity contribution is -0.133. The fourth-order valence-corrected chi connectivity index (χ4v) is 5.14. The summed E-state index contributed by atoms with van der Waals surface area (Å²) in [5.74, 6) is 0.964. The van der Waals surface area contributed by atoms with Crippen LogP contribution in [0.2, 0.25) is 0 Å². The summed E-state index contributed by atoms with van der Waals surface area (Å²) in [7, 11) is -0.768. The zero-order valence-corrected chi connectivity index (χ0v) is 21.4. The minimum atomic E-state index is -3.99. The van der Waals surface area contributed by atoms with E-state index in [0.29, 0.717) is 36.8 Å². The number of rotatable bonds is 8. The average molecular weight is 492 g/mol. The first-order chi connectivity index (χ1) is 16.0. The van der Waals surface area contributed by atoms with Crippen molar-refractivity contribution in [3.05, 3.63) is 41.2 Å². The Morgan fingerprint density at radius 2 is 1.88 bits per heavy atom. The first-order valence-corrected chi connectivity index (χ1v) is 12.7. The summed E-state index contributed by atoms with van der Waals surface area (Å²) < 4.78 is 45.6. The Morgan fingerprint density at radius 3 is 2.53 bits per heavy atom. The number of nitrogens with zero attached hydrogens (tertiary/aromatic N) is 2. The van der Waals surface area contributed by atoms with Gasteiger partial charge in [-0.1, -0.05) is 13.8 Å². The predicted molar refractivity (Wildman–Crippen MR) is 128 cm³/mol. The number of carbonyl (C=O) groups is 1. The molecule has 0 fully saturated rings. The van der Waals surface area contributed by atoms with Gasteiger partial charge < -0.3 is 19.1 Å². The van der Waals surface area contributed by atoms with Gasteiger partial charge in [0.15, 0.2) is 11.5 Å². The van der Waals surface area contributed by atoms with Gasteiger partial charge in [-0.25, -0.2) is 8.42 Å². The van der Waals surface area contributed by atoms with Crippen LogP contribution in [0.25, 0.3) is 0 Å². The van der Waals surface area contributed by atoms with E-state index < -0.39 is 16.1 Å². The minimum absolute atomic E-state index is 0.0126. The van der Waals surface area contributed by atoms with Gasteiger partial charge in [0.25, 0.3) is 0 Å². The molecule has 0 aliphatic carbocycles. The number of ether oxygens (including phenoxy) is 3. The number of hydrogen-bond donors (Lipinski definition) is 1. The Balaban J connectivity index is 1.80. The number of carbonyl (C=O) groups excluding carboxylic acids is 1. The molecule has 1 amide bonds. The third-order valence-corrected chi connectivity index (χ3v) is 7.20. The van der Waals surface area contributed by atoms with E-state index in [1.165, 1.54) is 17.0 Å². The molecule has 2 heterocycles. The average Bonchev–Trinajstić information content (AvgIpc) is 3.04. The van der Waals surface area contributed by atoms with Gasteiger partial charge in [0, 0.05) is 36.9 Å². The molecule has 0 saturated carbocycles. The Bertz CT molecular complexity index is 1150. The number of amides is 1. The van der Waals surface area contributed by atoms with Crippen molar-refractivity contribution >= 4 is 15.9 Å². The Labute approximate surface area is 201 Å². The second-order valence-electron chi connectivity index (χ2n) is 8.74. The molecular weight excluding hydrogens is 458 g/mol. The minimum Gasteiger partial charge on any atom is -0.496 e. The first kappa shape index (κ1) is 25.8. The summed E-state index contributed by atoms with van der Waals surface area (Å²) in [5.41, 5.74) is 2.43. The number of nitrogens with one attached hydrogen (secondary N) is 1. The van der Waals surface area contributed by atoms with Crippen molar-refractivity contribution in [3.8, 4) is 17.2 Å². The summed E-state index contributed by atoms with van der Waals surface area (Å²) in [6.45, 7) is 8.56. The van der Waals surface area contributed by atoms with Gasteiger partial charge in [0.1, 0.15) is 11.8 Å². The van der Waals surface area contributed by atoms with E-state index in [-0.39, 0.29) is 23.3 Å². The van der Waals surface area contributed by atoms with E-state index in [0.717, 1.165) is 16.9 Å². The van der Waals surface area contributed by atoms with Crippen LogP contribution in [0.5, 0.6) is 17.2 Å². The highest BCUT2D eigenvalue weighted by molar-refractivity contribution is 7.89. The number of hydrogen-bond acceptors (Lipinski definition) is 7. The highest BCUT2D eigenvalue weighted by Gasteiger charge is 2.31. The molecule has 0 saturated heterocycles. The van der Waals surface area contributed by atoms with Gasteiger partial charge in [-0.05, 0) is 31.9 Å². The summed E-state index contributed by atoms with van der Waals surface area (Å²) >= 11 is 0. The largest absolute Gasteiger partial charge is 0.496 e. The zero-order valence-electron chi connectivity index (χ0n) is 20.5. The number of sulfonamides is 1. The predicted octanol–water partition coefficient (Wildman–Crippen LogP) is 2.83. The van der Waals surface area contributed by atoms with E-state index in [9.17, 15) is 13.2 Å².